The van der Waals surface area contributed by atoms with Gasteiger partial charge in [0.2, 0.25) is 0 Å². The van der Waals surface area contributed by atoms with E-state index in [-0.39, 0.29) is 25.9 Å². The Bertz CT molecular complexity index is 1280. The Balaban J connectivity index is 4.64. The van der Waals surface area contributed by atoms with E-state index < -0.39 is 57.8 Å². The fourth-order valence-electron chi connectivity index (χ4n) is 7.74. The van der Waals surface area contributed by atoms with Crippen LogP contribution in [-0.4, -0.2) is 66.5 Å². The molecule has 0 aliphatic heterocycles. The van der Waals surface area contributed by atoms with E-state index in [9.17, 15) is 28.9 Å². The quantitative estimate of drug-likeness (QED) is 0.0197. The molecular formula is C56H103O11P. The maximum Gasteiger partial charge on any atom is 0.472 e. The molecule has 68 heavy (non-hydrogen) atoms. The first-order chi connectivity index (χ1) is 33.2. The molecule has 0 saturated carbocycles. The molecule has 0 bridgehead atoms. The van der Waals surface area contributed by atoms with Crippen LogP contribution in [0.4, 0.5) is 0 Å². The number of hydrogen-bond acceptors (Lipinski definition) is 10. The Hall–Kier alpha value is -2.30. The zero-order valence-corrected chi connectivity index (χ0v) is 44.7. The second-order valence-corrected chi connectivity index (χ2v) is 20.2. The van der Waals surface area contributed by atoms with Crippen molar-refractivity contribution in [2.75, 3.05) is 26.4 Å². The predicted octanol–water partition coefficient (Wildman–Crippen LogP) is 16.0. The monoisotopic (exact) mass is 983 g/mol. The first kappa shape index (κ1) is 65.7. The minimum absolute atomic E-state index is 0.163. The number of carbonyl (C=O) groups is 3. The summed E-state index contributed by atoms with van der Waals surface area (Å²) in [6, 6.07) is 0. The van der Waals surface area contributed by atoms with E-state index in [4.69, 9.17) is 23.3 Å². The van der Waals surface area contributed by atoms with Crippen molar-refractivity contribution < 1.29 is 52.2 Å². The normalized spacial score (nSPS) is 13.7. The van der Waals surface area contributed by atoms with E-state index >= 15 is 0 Å². The number of aliphatic hydroxyl groups is 1. The lowest BCUT2D eigenvalue weighted by Gasteiger charge is -2.21. The lowest BCUT2D eigenvalue weighted by Crippen LogP contribution is -2.30. The Morgan fingerprint density at radius 1 is 0.412 bits per heavy atom. The molecule has 11 nitrogen and oxygen atoms in total. The maximum atomic E-state index is 12.9. The molecule has 0 aromatic carbocycles. The highest BCUT2D eigenvalue weighted by Crippen LogP contribution is 2.43. The van der Waals surface area contributed by atoms with E-state index in [0.717, 1.165) is 83.5 Å². The average Bonchev–Trinajstić information content (AvgIpc) is 3.32. The van der Waals surface area contributed by atoms with Crippen molar-refractivity contribution in [2.45, 2.75) is 277 Å². The molecule has 0 radical (unpaired) electrons. The molecular weight excluding hydrogens is 880 g/mol. The van der Waals surface area contributed by atoms with Gasteiger partial charge in [-0.15, -0.1) is 0 Å². The van der Waals surface area contributed by atoms with Crippen LogP contribution in [0.5, 0.6) is 0 Å². The topological polar surface area (TPSA) is 155 Å². The number of unbranched alkanes of at least 4 members (excludes halogenated alkanes) is 29. The molecule has 2 N–H and O–H groups in total. The van der Waals surface area contributed by atoms with Crippen molar-refractivity contribution >= 4 is 25.7 Å². The molecule has 3 unspecified atom stereocenters. The van der Waals surface area contributed by atoms with Gasteiger partial charge in [-0.1, -0.05) is 211 Å². The highest BCUT2D eigenvalue weighted by atomic mass is 31.2. The zero-order chi connectivity index (χ0) is 49.9. The highest BCUT2D eigenvalue weighted by Gasteiger charge is 2.28. The summed E-state index contributed by atoms with van der Waals surface area (Å²) in [6.45, 7) is 4.56. The van der Waals surface area contributed by atoms with Crippen molar-refractivity contribution in [3.63, 3.8) is 0 Å². The average molecular weight is 983 g/mol. The van der Waals surface area contributed by atoms with Crippen molar-refractivity contribution in [1.82, 2.24) is 0 Å². The van der Waals surface area contributed by atoms with Gasteiger partial charge >= 0.3 is 25.7 Å². The number of aliphatic hydroxyl groups excluding tert-OH is 1. The second kappa shape index (κ2) is 51.1. The van der Waals surface area contributed by atoms with Crippen molar-refractivity contribution in [3.05, 3.63) is 36.5 Å². The predicted molar refractivity (Wildman–Crippen MR) is 279 cm³/mol. The van der Waals surface area contributed by atoms with Crippen molar-refractivity contribution in [3.8, 4) is 0 Å². The molecule has 0 rings (SSSR count). The largest absolute Gasteiger partial charge is 0.472 e. The molecule has 0 aromatic heterocycles. The van der Waals surface area contributed by atoms with Crippen LogP contribution in [0.3, 0.4) is 0 Å². The summed E-state index contributed by atoms with van der Waals surface area (Å²) in [5, 5.41) is 9.78. The minimum atomic E-state index is -4.74. The summed E-state index contributed by atoms with van der Waals surface area (Å²) < 4.78 is 39.4. The Kier molecular flexibility index (Phi) is 49.3. The Morgan fingerprint density at radius 2 is 0.750 bits per heavy atom. The van der Waals surface area contributed by atoms with E-state index in [2.05, 4.69) is 57.2 Å². The summed E-state index contributed by atoms with van der Waals surface area (Å²) >= 11 is 0. The number of esters is 3. The number of hydrogen-bond donors (Lipinski definition) is 2. The number of carbonyl (C=O) groups excluding carboxylic acids is 3. The zero-order valence-electron chi connectivity index (χ0n) is 43.8. The van der Waals surface area contributed by atoms with Gasteiger partial charge in [-0.3, -0.25) is 23.4 Å². The van der Waals surface area contributed by atoms with Crippen LogP contribution in [0.15, 0.2) is 36.5 Å². The fraction of sp³-hybridized carbons (Fsp3) is 0.839. The second-order valence-electron chi connectivity index (χ2n) is 18.7. The lowest BCUT2D eigenvalue weighted by molar-refractivity contribution is -0.161. The third kappa shape index (κ3) is 48.7. The Morgan fingerprint density at radius 3 is 1.16 bits per heavy atom. The highest BCUT2D eigenvalue weighted by molar-refractivity contribution is 7.47. The molecule has 3 atom stereocenters. The van der Waals surface area contributed by atoms with E-state index in [0.29, 0.717) is 19.3 Å². The van der Waals surface area contributed by atoms with Crippen LogP contribution in [0.2, 0.25) is 0 Å². The molecule has 0 aliphatic rings. The molecule has 0 fully saturated rings. The lowest BCUT2D eigenvalue weighted by atomic mass is 10.1. The molecule has 0 amide bonds. The van der Waals surface area contributed by atoms with Crippen LogP contribution in [0, 0.1) is 0 Å². The smallest absolute Gasteiger partial charge is 0.462 e. The van der Waals surface area contributed by atoms with Gasteiger partial charge in [0.25, 0.3) is 0 Å². The first-order valence-electron chi connectivity index (χ1n) is 27.9. The van der Waals surface area contributed by atoms with Crippen LogP contribution in [-0.2, 0) is 42.2 Å². The number of phosphoric acid groups is 1. The summed E-state index contributed by atoms with van der Waals surface area (Å²) in [7, 11) is -4.74. The van der Waals surface area contributed by atoms with Gasteiger partial charge in [0, 0.05) is 19.3 Å². The first-order valence-corrected chi connectivity index (χ1v) is 29.4. The van der Waals surface area contributed by atoms with E-state index in [1.54, 1.807) is 0 Å². The minimum Gasteiger partial charge on any atom is -0.462 e. The Labute approximate surface area is 416 Å². The molecule has 12 heteroatoms. The number of phosphoric ester groups is 1. The third-order valence-electron chi connectivity index (χ3n) is 12.0. The van der Waals surface area contributed by atoms with Crippen LogP contribution in [0.1, 0.15) is 265 Å². The summed E-state index contributed by atoms with van der Waals surface area (Å²) in [5.74, 6) is -1.47. The summed E-state index contributed by atoms with van der Waals surface area (Å²) in [4.78, 5) is 48.3. The van der Waals surface area contributed by atoms with E-state index in [1.807, 2.05) is 0 Å². The molecule has 0 saturated heterocycles. The van der Waals surface area contributed by atoms with Gasteiger partial charge in [0.1, 0.15) is 12.7 Å². The number of rotatable bonds is 52. The molecule has 0 aliphatic carbocycles. The van der Waals surface area contributed by atoms with Gasteiger partial charge in [0.15, 0.2) is 6.10 Å². The standard InChI is InChI=1S/C56H103O11P/c1-4-7-10-13-16-19-21-23-24-25-26-27-28-30-32-35-38-41-44-47-56(60)67-53(49-63-54(58)45-42-39-36-33-18-15-12-9-6-3)51-65-68(61,62)64-50-52(48-57)66-55(59)46-43-40-37-34-31-29-22-20-17-14-11-8-5-2/h11,14,20,22-24,52-53,57H,4-10,12-13,15-19,21,25-51H2,1-3H3,(H,61,62)/b14-11-,22-20-,24-23-. The SMILES string of the molecule is CCC/C=C\C/C=C\CCCCCCCC(=O)OC(CO)COP(=O)(O)OCC(COC(=O)CCCCCCCCCCC)OC(=O)CCCCCCCCCCC/C=C\CCCCCCCC. The molecule has 0 heterocycles. The van der Waals surface area contributed by atoms with Crippen molar-refractivity contribution in [1.29, 1.82) is 0 Å². The van der Waals surface area contributed by atoms with Crippen molar-refractivity contribution in [2.24, 2.45) is 0 Å². The number of allylic oxidation sites excluding steroid dienone is 6. The number of ether oxygens (including phenoxy) is 3. The molecule has 0 spiro atoms. The van der Waals surface area contributed by atoms with Crippen LogP contribution in [0.25, 0.3) is 0 Å². The van der Waals surface area contributed by atoms with Crippen LogP contribution >= 0.6 is 7.82 Å². The summed E-state index contributed by atoms with van der Waals surface area (Å²) in [6.07, 6.45) is 51.2. The molecule has 0 aromatic rings. The summed E-state index contributed by atoms with van der Waals surface area (Å²) in [5.41, 5.74) is 0. The maximum absolute atomic E-state index is 12.9. The van der Waals surface area contributed by atoms with Gasteiger partial charge < -0.3 is 24.2 Å². The van der Waals surface area contributed by atoms with Gasteiger partial charge in [-0.25, -0.2) is 4.57 Å². The van der Waals surface area contributed by atoms with E-state index in [1.165, 1.54) is 122 Å². The van der Waals surface area contributed by atoms with Gasteiger partial charge in [-0.2, -0.15) is 0 Å². The fourth-order valence-corrected chi connectivity index (χ4v) is 8.53. The third-order valence-corrected chi connectivity index (χ3v) is 13.0. The molecule has 398 valence electrons. The van der Waals surface area contributed by atoms with Gasteiger partial charge in [0.05, 0.1) is 19.8 Å². The van der Waals surface area contributed by atoms with Crippen LogP contribution < -0.4 is 0 Å². The van der Waals surface area contributed by atoms with Gasteiger partial charge in [-0.05, 0) is 70.6 Å².